The van der Waals surface area contributed by atoms with E-state index in [2.05, 4.69) is 11.7 Å². The van der Waals surface area contributed by atoms with Crippen molar-refractivity contribution in [2.75, 3.05) is 7.11 Å². The Labute approximate surface area is 69.9 Å². The topological polar surface area (TPSA) is 26.3 Å². The van der Waals surface area contributed by atoms with Gasteiger partial charge in [-0.15, -0.1) is 0 Å². The van der Waals surface area contributed by atoms with Gasteiger partial charge in [0, 0.05) is 0 Å². The highest BCUT2D eigenvalue weighted by atomic mass is 16.5. The lowest BCUT2D eigenvalue weighted by Gasteiger charge is -2.19. The van der Waals surface area contributed by atoms with Crippen LogP contribution in [0.3, 0.4) is 0 Å². The number of rotatable bonds is 3. The molecule has 2 nitrogen and oxygen atoms in total. The molecule has 0 aliphatic carbocycles. The molecule has 2 heteroatoms. The largest absolute Gasteiger partial charge is 0.469 e. The van der Waals surface area contributed by atoms with Crippen LogP contribution in [0, 0.1) is 5.41 Å². The summed E-state index contributed by atoms with van der Waals surface area (Å²) in [4.78, 5) is 11.0. The van der Waals surface area contributed by atoms with Gasteiger partial charge in [0.05, 0.1) is 12.5 Å². The smallest absolute Gasteiger partial charge is 0.311 e. The van der Waals surface area contributed by atoms with Crippen molar-refractivity contribution < 1.29 is 9.53 Å². The first kappa shape index (κ1) is 13.1. The van der Waals surface area contributed by atoms with Gasteiger partial charge in [-0.25, -0.2) is 0 Å². The van der Waals surface area contributed by atoms with E-state index in [1.807, 2.05) is 13.8 Å². The zero-order valence-electron chi connectivity index (χ0n) is 7.23. The third-order valence-electron chi connectivity index (χ3n) is 1.61. The fraction of sp³-hybridized carbons (Fsp3) is 0.889. The monoisotopic (exact) mass is 160 g/mol. The van der Waals surface area contributed by atoms with Crippen molar-refractivity contribution in [1.82, 2.24) is 0 Å². The van der Waals surface area contributed by atoms with Crippen LogP contribution in [0.4, 0.5) is 0 Å². The highest BCUT2D eigenvalue weighted by molar-refractivity contribution is 5.75. The molecule has 0 unspecified atom stereocenters. The van der Waals surface area contributed by atoms with Gasteiger partial charge in [-0.2, -0.15) is 0 Å². The molecule has 0 saturated heterocycles. The molecule has 0 rings (SSSR count). The first-order valence-corrected chi connectivity index (χ1v) is 3.63. The Morgan fingerprint density at radius 3 is 2.18 bits per heavy atom. The summed E-state index contributed by atoms with van der Waals surface area (Å²) < 4.78 is 4.63. The minimum atomic E-state index is -0.302. The highest BCUT2D eigenvalue weighted by Crippen LogP contribution is 2.23. The van der Waals surface area contributed by atoms with Gasteiger partial charge in [-0.1, -0.05) is 20.8 Å². The Balaban J connectivity index is 0. The van der Waals surface area contributed by atoms with E-state index in [0.29, 0.717) is 0 Å². The molecule has 0 aliphatic heterocycles. The van der Waals surface area contributed by atoms with Gasteiger partial charge in [0.1, 0.15) is 0 Å². The second-order valence-corrected chi connectivity index (χ2v) is 3.13. The third kappa shape index (κ3) is 4.02. The third-order valence-corrected chi connectivity index (χ3v) is 1.61. The van der Waals surface area contributed by atoms with E-state index in [1.165, 1.54) is 7.11 Å². The molecule has 0 spiro atoms. The summed E-state index contributed by atoms with van der Waals surface area (Å²) in [7, 11) is 1.43. The summed E-state index contributed by atoms with van der Waals surface area (Å²) >= 11 is 0. The summed E-state index contributed by atoms with van der Waals surface area (Å²) in [6, 6.07) is 0. The van der Waals surface area contributed by atoms with Crippen molar-refractivity contribution in [2.45, 2.75) is 41.0 Å². The SMILES string of the molecule is C.CCCC(C)(C)C(=O)OC. The second-order valence-electron chi connectivity index (χ2n) is 3.13. The van der Waals surface area contributed by atoms with Gasteiger partial charge in [0.25, 0.3) is 0 Å². The molecular formula is C9H20O2. The molecule has 68 valence electrons. The molecular weight excluding hydrogens is 140 g/mol. The zero-order chi connectivity index (χ0) is 8.20. The predicted molar refractivity (Wildman–Crippen MR) is 47.4 cm³/mol. The van der Waals surface area contributed by atoms with Crippen LogP contribution in [-0.4, -0.2) is 13.1 Å². The summed E-state index contributed by atoms with van der Waals surface area (Å²) in [6.07, 6.45) is 1.90. The van der Waals surface area contributed by atoms with E-state index in [1.54, 1.807) is 0 Å². The van der Waals surface area contributed by atoms with E-state index >= 15 is 0 Å². The van der Waals surface area contributed by atoms with Crippen LogP contribution < -0.4 is 0 Å². The number of methoxy groups -OCH3 is 1. The molecule has 0 aromatic heterocycles. The molecule has 0 N–H and O–H groups in total. The number of carbonyl (C=O) groups excluding carboxylic acids is 1. The maximum Gasteiger partial charge on any atom is 0.311 e. The van der Waals surface area contributed by atoms with Gasteiger partial charge >= 0.3 is 5.97 Å². The standard InChI is InChI=1S/C8H16O2.CH4/c1-5-6-8(2,3)7(9)10-4;/h5-6H2,1-4H3;1H4. The number of hydrogen-bond donors (Lipinski definition) is 0. The van der Waals surface area contributed by atoms with Crippen LogP contribution in [0.2, 0.25) is 0 Å². The van der Waals surface area contributed by atoms with Crippen molar-refractivity contribution in [3.8, 4) is 0 Å². The Morgan fingerprint density at radius 2 is 1.91 bits per heavy atom. The highest BCUT2D eigenvalue weighted by Gasteiger charge is 2.26. The van der Waals surface area contributed by atoms with Crippen LogP contribution >= 0.6 is 0 Å². The molecule has 11 heavy (non-hydrogen) atoms. The van der Waals surface area contributed by atoms with Gasteiger partial charge in [-0.3, -0.25) is 4.79 Å². The second kappa shape index (κ2) is 5.16. The molecule has 0 aromatic rings. The molecule has 0 fully saturated rings. The molecule has 0 radical (unpaired) electrons. The maximum absolute atomic E-state index is 11.0. The fourth-order valence-corrected chi connectivity index (χ4v) is 1.00. The minimum Gasteiger partial charge on any atom is -0.469 e. The van der Waals surface area contributed by atoms with Crippen LogP contribution in [0.5, 0.6) is 0 Å². The summed E-state index contributed by atoms with van der Waals surface area (Å²) in [5.74, 6) is -0.116. The van der Waals surface area contributed by atoms with Crippen molar-refractivity contribution >= 4 is 5.97 Å². The van der Waals surface area contributed by atoms with Crippen LogP contribution in [0.15, 0.2) is 0 Å². The van der Waals surface area contributed by atoms with Crippen LogP contribution in [0.1, 0.15) is 41.0 Å². The lowest BCUT2D eigenvalue weighted by molar-refractivity contribution is -0.151. The molecule has 0 atom stereocenters. The predicted octanol–water partition coefficient (Wildman–Crippen LogP) is 2.62. The minimum absolute atomic E-state index is 0. The molecule has 0 aliphatic rings. The lowest BCUT2D eigenvalue weighted by atomic mass is 9.88. The average Bonchev–Trinajstić information content (AvgIpc) is 1.86. The lowest BCUT2D eigenvalue weighted by Crippen LogP contribution is -2.25. The Hall–Kier alpha value is -0.530. The molecule has 0 heterocycles. The van der Waals surface area contributed by atoms with E-state index in [4.69, 9.17) is 0 Å². The molecule has 0 aromatic carbocycles. The van der Waals surface area contributed by atoms with Crippen LogP contribution in [-0.2, 0) is 9.53 Å². The number of carbonyl (C=O) groups is 1. The van der Waals surface area contributed by atoms with Crippen molar-refractivity contribution in [3.63, 3.8) is 0 Å². The quantitative estimate of drug-likeness (QED) is 0.593. The number of ether oxygens (including phenoxy) is 1. The maximum atomic E-state index is 11.0. The van der Waals surface area contributed by atoms with Crippen molar-refractivity contribution in [2.24, 2.45) is 5.41 Å². The van der Waals surface area contributed by atoms with Gasteiger partial charge in [-0.05, 0) is 20.3 Å². The number of esters is 1. The fourth-order valence-electron chi connectivity index (χ4n) is 1.00. The van der Waals surface area contributed by atoms with E-state index < -0.39 is 0 Å². The Kier molecular flexibility index (Phi) is 6.14. The normalized spacial score (nSPS) is 10.2. The molecule has 0 saturated carbocycles. The van der Waals surface area contributed by atoms with Crippen molar-refractivity contribution in [3.05, 3.63) is 0 Å². The Bertz CT molecular complexity index is 117. The van der Waals surface area contributed by atoms with E-state index in [9.17, 15) is 4.79 Å². The Morgan fingerprint density at radius 1 is 1.45 bits per heavy atom. The van der Waals surface area contributed by atoms with E-state index in [0.717, 1.165) is 12.8 Å². The molecule has 0 amide bonds. The van der Waals surface area contributed by atoms with Crippen molar-refractivity contribution in [1.29, 1.82) is 0 Å². The zero-order valence-corrected chi connectivity index (χ0v) is 7.23. The average molecular weight is 160 g/mol. The van der Waals surface area contributed by atoms with Gasteiger partial charge in [0.15, 0.2) is 0 Å². The molecule has 0 bridgehead atoms. The number of hydrogen-bond acceptors (Lipinski definition) is 2. The first-order valence-electron chi connectivity index (χ1n) is 3.63. The van der Waals surface area contributed by atoms with Gasteiger partial charge < -0.3 is 4.74 Å². The van der Waals surface area contributed by atoms with E-state index in [-0.39, 0.29) is 18.8 Å². The summed E-state index contributed by atoms with van der Waals surface area (Å²) in [5, 5.41) is 0. The summed E-state index contributed by atoms with van der Waals surface area (Å²) in [6.45, 7) is 5.87. The summed E-state index contributed by atoms with van der Waals surface area (Å²) in [5.41, 5.74) is -0.302. The van der Waals surface area contributed by atoms with Gasteiger partial charge in [0.2, 0.25) is 0 Å². The van der Waals surface area contributed by atoms with Crippen LogP contribution in [0.25, 0.3) is 0 Å². The first-order chi connectivity index (χ1) is 4.54.